The Balaban J connectivity index is 2.08. The van der Waals surface area contributed by atoms with Crippen molar-refractivity contribution in [3.05, 3.63) is 63.7 Å². The minimum atomic E-state index is 0.139. The molecule has 3 heteroatoms. The first-order valence-corrected chi connectivity index (χ1v) is 7.82. The molecule has 1 atom stereocenters. The quantitative estimate of drug-likeness (QED) is 0.910. The molecule has 0 amide bonds. The molecule has 0 bridgehead atoms. The summed E-state index contributed by atoms with van der Waals surface area (Å²) in [7, 11) is 0. The van der Waals surface area contributed by atoms with Gasteiger partial charge in [-0.05, 0) is 42.3 Å². The van der Waals surface area contributed by atoms with E-state index in [0.717, 1.165) is 30.3 Å². The van der Waals surface area contributed by atoms with E-state index in [1.807, 2.05) is 12.1 Å². The summed E-state index contributed by atoms with van der Waals surface area (Å²) in [6.45, 7) is 5.92. The molecule has 0 saturated heterocycles. The van der Waals surface area contributed by atoms with Gasteiger partial charge in [-0.3, -0.25) is 0 Å². The van der Waals surface area contributed by atoms with Crippen molar-refractivity contribution in [2.24, 2.45) is 0 Å². The lowest BCUT2D eigenvalue weighted by Gasteiger charge is -2.23. The molecule has 0 fully saturated rings. The van der Waals surface area contributed by atoms with Crippen LogP contribution in [0.15, 0.2) is 36.4 Å². The van der Waals surface area contributed by atoms with Crippen molar-refractivity contribution in [1.82, 2.24) is 5.32 Å². The summed E-state index contributed by atoms with van der Waals surface area (Å²) in [5.74, 6) is 1.05. The van der Waals surface area contributed by atoms with E-state index >= 15 is 0 Å². The molecule has 2 aromatic carbocycles. The predicted octanol–water partition coefficient (Wildman–Crippen LogP) is 4.28. The van der Waals surface area contributed by atoms with E-state index in [1.165, 1.54) is 22.3 Å². The van der Waals surface area contributed by atoms with Gasteiger partial charge >= 0.3 is 0 Å². The zero-order valence-electron chi connectivity index (χ0n) is 12.4. The summed E-state index contributed by atoms with van der Waals surface area (Å²) in [5.41, 5.74) is 4.98. The zero-order chi connectivity index (χ0) is 14.8. The maximum atomic E-state index is 6.09. The average molecular weight is 302 g/mol. The Labute approximate surface area is 131 Å². The summed E-state index contributed by atoms with van der Waals surface area (Å²) in [4.78, 5) is 0. The van der Waals surface area contributed by atoms with Gasteiger partial charge in [-0.2, -0.15) is 0 Å². The fraction of sp³-hybridized carbons (Fsp3) is 0.333. The number of hydrogen-bond acceptors (Lipinski definition) is 2. The fourth-order valence-electron chi connectivity index (χ4n) is 3.02. The third-order valence-electron chi connectivity index (χ3n) is 4.01. The first-order chi connectivity index (χ1) is 10.2. The van der Waals surface area contributed by atoms with Crippen LogP contribution in [-0.4, -0.2) is 13.2 Å². The molecule has 0 spiro atoms. The van der Waals surface area contributed by atoms with Crippen LogP contribution in [0.3, 0.4) is 0 Å². The number of hydrogen-bond donors (Lipinski definition) is 1. The molecule has 0 aromatic heterocycles. The molecule has 110 valence electrons. The van der Waals surface area contributed by atoms with Crippen molar-refractivity contribution in [1.29, 1.82) is 0 Å². The summed E-state index contributed by atoms with van der Waals surface area (Å²) < 4.78 is 5.88. The number of rotatable bonds is 4. The minimum Gasteiger partial charge on any atom is -0.493 e. The maximum absolute atomic E-state index is 6.09. The number of aryl methyl sites for hydroxylation is 1. The predicted molar refractivity (Wildman–Crippen MR) is 87.3 cm³/mol. The van der Waals surface area contributed by atoms with Crippen molar-refractivity contribution in [2.45, 2.75) is 26.3 Å². The van der Waals surface area contributed by atoms with E-state index < -0.39 is 0 Å². The van der Waals surface area contributed by atoms with Gasteiger partial charge in [-0.25, -0.2) is 0 Å². The number of benzene rings is 2. The van der Waals surface area contributed by atoms with Crippen LogP contribution in [0.2, 0.25) is 5.02 Å². The van der Waals surface area contributed by atoms with Crippen LogP contribution in [0.4, 0.5) is 0 Å². The SMILES string of the molecule is CCNC(c1ccc(Cl)cc1C)c1cccc2c1OCC2. The Kier molecular flexibility index (Phi) is 4.18. The van der Waals surface area contributed by atoms with Crippen LogP contribution in [0.25, 0.3) is 0 Å². The molecule has 1 aliphatic rings. The first kappa shape index (κ1) is 14.4. The Morgan fingerprint density at radius 2 is 2.10 bits per heavy atom. The van der Waals surface area contributed by atoms with Gasteiger partial charge in [-0.1, -0.05) is 42.8 Å². The van der Waals surface area contributed by atoms with E-state index in [-0.39, 0.29) is 6.04 Å². The molecule has 0 radical (unpaired) electrons. The van der Waals surface area contributed by atoms with Crippen LogP contribution in [0.1, 0.15) is 35.2 Å². The van der Waals surface area contributed by atoms with Crippen LogP contribution in [0, 0.1) is 6.92 Å². The van der Waals surface area contributed by atoms with Gasteiger partial charge in [0.1, 0.15) is 5.75 Å². The molecule has 0 saturated carbocycles. The van der Waals surface area contributed by atoms with Gasteiger partial charge in [0.05, 0.1) is 12.6 Å². The van der Waals surface area contributed by atoms with Crippen molar-refractivity contribution >= 4 is 11.6 Å². The largest absolute Gasteiger partial charge is 0.493 e. The van der Waals surface area contributed by atoms with Gasteiger partial charge < -0.3 is 10.1 Å². The Morgan fingerprint density at radius 1 is 1.24 bits per heavy atom. The van der Waals surface area contributed by atoms with Crippen LogP contribution < -0.4 is 10.1 Å². The fourth-order valence-corrected chi connectivity index (χ4v) is 3.25. The molecular formula is C18H20ClNO. The molecular weight excluding hydrogens is 282 g/mol. The Hall–Kier alpha value is -1.51. The lowest BCUT2D eigenvalue weighted by molar-refractivity contribution is 0.350. The molecule has 2 aromatic rings. The van der Waals surface area contributed by atoms with Crippen molar-refractivity contribution in [3.63, 3.8) is 0 Å². The first-order valence-electron chi connectivity index (χ1n) is 7.44. The van der Waals surface area contributed by atoms with Gasteiger partial charge in [0.25, 0.3) is 0 Å². The lowest BCUT2D eigenvalue weighted by Crippen LogP contribution is -2.23. The summed E-state index contributed by atoms with van der Waals surface area (Å²) >= 11 is 6.09. The Morgan fingerprint density at radius 3 is 2.86 bits per heavy atom. The molecule has 21 heavy (non-hydrogen) atoms. The van der Waals surface area contributed by atoms with E-state index in [9.17, 15) is 0 Å². The topological polar surface area (TPSA) is 21.3 Å². The number of nitrogens with one attached hydrogen (secondary N) is 1. The highest BCUT2D eigenvalue weighted by molar-refractivity contribution is 6.30. The maximum Gasteiger partial charge on any atom is 0.127 e. The highest BCUT2D eigenvalue weighted by atomic mass is 35.5. The Bertz CT molecular complexity index is 654. The third kappa shape index (κ3) is 2.78. The van der Waals surface area contributed by atoms with E-state index in [4.69, 9.17) is 16.3 Å². The summed E-state index contributed by atoms with van der Waals surface area (Å²) in [6, 6.07) is 12.7. The molecule has 3 rings (SSSR count). The molecule has 0 aliphatic carbocycles. The molecule has 2 nitrogen and oxygen atoms in total. The number of para-hydroxylation sites is 1. The highest BCUT2D eigenvalue weighted by Crippen LogP contribution is 2.37. The van der Waals surface area contributed by atoms with Gasteiger partial charge in [0, 0.05) is 17.0 Å². The molecule has 1 unspecified atom stereocenters. The van der Waals surface area contributed by atoms with Crippen molar-refractivity contribution < 1.29 is 4.74 Å². The molecule has 1 aliphatic heterocycles. The molecule has 1 heterocycles. The van der Waals surface area contributed by atoms with Crippen molar-refractivity contribution in [2.75, 3.05) is 13.2 Å². The van der Waals surface area contributed by atoms with E-state index in [1.54, 1.807) is 0 Å². The lowest BCUT2D eigenvalue weighted by atomic mass is 9.93. The minimum absolute atomic E-state index is 0.139. The second-order valence-corrected chi connectivity index (χ2v) is 5.86. The van der Waals surface area contributed by atoms with Crippen LogP contribution in [0.5, 0.6) is 5.75 Å². The van der Waals surface area contributed by atoms with Crippen molar-refractivity contribution in [3.8, 4) is 5.75 Å². The highest BCUT2D eigenvalue weighted by Gasteiger charge is 2.23. The van der Waals surface area contributed by atoms with E-state index in [0.29, 0.717) is 0 Å². The number of fused-ring (bicyclic) bond motifs is 1. The van der Waals surface area contributed by atoms with Gasteiger partial charge in [0.15, 0.2) is 0 Å². The number of halogens is 1. The smallest absolute Gasteiger partial charge is 0.127 e. The van der Waals surface area contributed by atoms with E-state index in [2.05, 4.69) is 43.4 Å². The van der Waals surface area contributed by atoms with Crippen LogP contribution >= 0.6 is 11.6 Å². The third-order valence-corrected chi connectivity index (χ3v) is 4.24. The average Bonchev–Trinajstić information content (AvgIpc) is 2.94. The molecule has 1 N–H and O–H groups in total. The summed E-state index contributed by atoms with van der Waals surface area (Å²) in [6.07, 6.45) is 1.00. The number of ether oxygens (including phenoxy) is 1. The van der Waals surface area contributed by atoms with Crippen LogP contribution in [-0.2, 0) is 6.42 Å². The monoisotopic (exact) mass is 301 g/mol. The zero-order valence-corrected chi connectivity index (χ0v) is 13.2. The second kappa shape index (κ2) is 6.08. The van der Waals surface area contributed by atoms with Gasteiger partial charge in [0.2, 0.25) is 0 Å². The normalized spacial score (nSPS) is 14.6. The second-order valence-electron chi connectivity index (χ2n) is 5.43. The summed E-state index contributed by atoms with van der Waals surface area (Å²) in [5, 5.41) is 4.36. The van der Waals surface area contributed by atoms with Gasteiger partial charge in [-0.15, -0.1) is 0 Å². The standard InChI is InChI=1S/C18H20ClNO/c1-3-20-17(15-8-7-14(19)11-12(15)2)16-6-4-5-13-9-10-21-18(13)16/h4-8,11,17,20H,3,9-10H2,1-2H3.